The first-order valence-corrected chi connectivity index (χ1v) is 20.0. The molecule has 0 bridgehead atoms. The van der Waals surface area contributed by atoms with E-state index >= 15 is 0 Å². The van der Waals surface area contributed by atoms with E-state index in [1.165, 1.54) is 41.1 Å². The summed E-state index contributed by atoms with van der Waals surface area (Å²) < 4.78 is 39.3. The molecule has 1 saturated heterocycles. The molecule has 2 aliphatic heterocycles. The summed E-state index contributed by atoms with van der Waals surface area (Å²) in [4.78, 5) is 58.3. The number of amides is 4. The largest absolute Gasteiger partial charge is 0.495 e. The van der Waals surface area contributed by atoms with Gasteiger partial charge in [0.2, 0.25) is 17.6 Å². The number of aromatic nitrogens is 4. The van der Waals surface area contributed by atoms with E-state index in [4.69, 9.17) is 21.1 Å². The van der Waals surface area contributed by atoms with Crippen molar-refractivity contribution in [3.8, 4) is 17.1 Å². The van der Waals surface area contributed by atoms with E-state index in [1.54, 1.807) is 45.0 Å². The van der Waals surface area contributed by atoms with Gasteiger partial charge in [0.05, 0.1) is 23.1 Å². The lowest BCUT2D eigenvalue weighted by atomic mass is 10.0. The molecule has 6 rings (SSSR count). The smallest absolute Gasteiger partial charge is 0.408 e. The minimum Gasteiger partial charge on any atom is -0.495 e. The van der Waals surface area contributed by atoms with Crippen LogP contribution in [0, 0.1) is 5.92 Å². The number of hydrogen-bond acceptors (Lipinski definition) is 11. The standard InChI is InChI=1S/C37H45ClN8O8S/c1-36(2,3)54-35(50)39-28-16-12-7-5-6-9-13-24-21-37(24,34(49)43-55(51,52)26-14-10-8-11-15-26)40-32(47)29-20-25(22-45(29)33(28)48)46-42-31(41-44-46)23-17-18-30(53-4)27(38)19-23/h8-11,13-15,17-19,24-25,28-29H,5-7,12,16,20-22H2,1-4H3,(H,39,50)(H,40,47)(H,43,49)/b13-9-/t24-,25-,28-,29+,37+/m1/s1. The van der Waals surface area contributed by atoms with Crippen molar-refractivity contribution in [3.63, 3.8) is 0 Å². The first-order chi connectivity index (χ1) is 26.1. The quantitative estimate of drug-likeness (QED) is 0.292. The highest BCUT2D eigenvalue weighted by atomic mass is 35.5. The monoisotopic (exact) mass is 796 g/mol. The number of tetrazole rings is 1. The summed E-state index contributed by atoms with van der Waals surface area (Å²) in [7, 11) is -2.77. The van der Waals surface area contributed by atoms with Crippen molar-refractivity contribution in [3.05, 3.63) is 65.7 Å². The van der Waals surface area contributed by atoms with Gasteiger partial charge in [-0.2, -0.15) is 4.80 Å². The summed E-state index contributed by atoms with van der Waals surface area (Å²) in [5.41, 5.74) is -1.86. The van der Waals surface area contributed by atoms with Crippen molar-refractivity contribution < 1.29 is 37.1 Å². The van der Waals surface area contributed by atoms with Gasteiger partial charge in [-0.3, -0.25) is 14.4 Å². The number of sulfonamides is 1. The molecule has 294 valence electrons. The molecule has 0 spiro atoms. The number of allylic oxidation sites excluding steroid dienone is 1. The number of carbonyl (C=O) groups excluding carboxylic acids is 4. The molecular formula is C37H45ClN8O8S. The molecule has 0 unspecified atom stereocenters. The minimum atomic E-state index is -4.27. The molecule has 2 fully saturated rings. The number of carbonyl (C=O) groups is 4. The molecular weight excluding hydrogens is 752 g/mol. The lowest BCUT2D eigenvalue weighted by Crippen LogP contribution is -2.58. The topological polar surface area (TPSA) is 204 Å². The van der Waals surface area contributed by atoms with Crippen molar-refractivity contribution in [2.24, 2.45) is 5.92 Å². The van der Waals surface area contributed by atoms with E-state index < -0.39 is 69.0 Å². The normalized spacial score (nSPS) is 25.3. The van der Waals surface area contributed by atoms with Crippen molar-refractivity contribution in [2.45, 2.75) is 99.9 Å². The molecule has 3 N–H and O–H groups in total. The van der Waals surface area contributed by atoms with Crippen LogP contribution in [0.1, 0.15) is 71.8 Å². The number of alkyl carbamates (subject to hydrolysis) is 1. The van der Waals surface area contributed by atoms with Gasteiger partial charge in [0.15, 0.2) is 0 Å². The number of nitrogens with one attached hydrogen (secondary N) is 3. The molecule has 3 aliphatic rings. The number of benzene rings is 2. The number of nitrogens with zero attached hydrogens (tertiary/aromatic N) is 5. The summed E-state index contributed by atoms with van der Waals surface area (Å²) >= 11 is 6.34. The number of ether oxygens (including phenoxy) is 2. The average Bonchev–Trinajstić information content (AvgIpc) is 3.42. The van der Waals surface area contributed by atoms with Gasteiger partial charge in [0.25, 0.3) is 15.9 Å². The van der Waals surface area contributed by atoms with Crippen molar-refractivity contribution in [1.82, 2.24) is 40.5 Å². The zero-order valence-electron chi connectivity index (χ0n) is 31.0. The molecule has 1 aromatic heterocycles. The Morgan fingerprint density at radius 2 is 1.84 bits per heavy atom. The molecule has 1 aliphatic carbocycles. The Bertz CT molecular complexity index is 2070. The van der Waals surface area contributed by atoms with Gasteiger partial charge in [0, 0.05) is 24.4 Å². The number of methoxy groups -OCH3 is 1. The van der Waals surface area contributed by atoms with Crippen LogP contribution in [0.4, 0.5) is 4.79 Å². The maximum Gasteiger partial charge on any atom is 0.408 e. The fourth-order valence-electron chi connectivity index (χ4n) is 6.89. The zero-order valence-corrected chi connectivity index (χ0v) is 32.6. The maximum atomic E-state index is 14.5. The summed E-state index contributed by atoms with van der Waals surface area (Å²) in [6.45, 7) is 5.11. The lowest BCUT2D eigenvalue weighted by Gasteiger charge is -2.30. The van der Waals surface area contributed by atoms with Crippen molar-refractivity contribution in [2.75, 3.05) is 13.7 Å². The predicted molar refractivity (Wildman–Crippen MR) is 200 cm³/mol. The highest BCUT2D eigenvalue weighted by Crippen LogP contribution is 2.46. The third-order valence-corrected chi connectivity index (χ3v) is 11.4. The van der Waals surface area contributed by atoms with Crippen LogP contribution in [-0.2, 0) is 29.1 Å². The van der Waals surface area contributed by atoms with Crippen LogP contribution in [-0.4, -0.2) is 94.2 Å². The molecule has 3 aromatic rings. The summed E-state index contributed by atoms with van der Waals surface area (Å²) in [6.07, 6.45) is 6.18. The summed E-state index contributed by atoms with van der Waals surface area (Å²) in [6, 6.07) is 9.65. The van der Waals surface area contributed by atoms with Gasteiger partial charge in [0.1, 0.15) is 29.0 Å². The highest BCUT2D eigenvalue weighted by molar-refractivity contribution is 7.90. The van der Waals surface area contributed by atoms with Gasteiger partial charge in [-0.05, 0) is 82.0 Å². The number of fused-ring (bicyclic) bond motifs is 2. The van der Waals surface area contributed by atoms with Crippen LogP contribution in [0.5, 0.6) is 5.75 Å². The minimum absolute atomic E-state index is 0.0242. The average molecular weight is 797 g/mol. The SMILES string of the molecule is COc1ccc(-c2nnn([C@@H]3C[C@H]4C(=O)N[C@@]5(C(=O)NS(=O)(=O)c6ccccc6)C[C@H]5/C=C\CCCCC[C@@H](NC(=O)OC(C)(C)C)C(=O)N4C3)n2)cc1Cl. The fraction of sp³-hybridized carbons (Fsp3) is 0.486. The second-order valence-electron chi connectivity index (χ2n) is 15.0. The fourth-order valence-corrected chi connectivity index (χ4v) is 8.20. The summed E-state index contributed by atoms with van der Waals surface area (Å²) in [5.74, 6) is -1.87. The van der Waals surface area contributed by atoms with Crippen molar-refractivity contribution in [1.29, 1.82) is 0 Å². The third kappa shape index (κ3) is 9.10. The van der Waals surface area contributed by atoms with E-state index in [2.05, 4.69) is 30.8 Å². The number of halogens is 1. The summed E-state index contributed by atoms with van der Waals surface area (Å²) in [5, 5.41) is 18.9. The van der Waals surface area contributed by atoms with Crippen LogP contribution < -0.4 is 20.1 Å². The van der Waals surface area contributed by atoms with E-state index in [0.29, 0.717) is 29.2 Å². The molecule has 4 amide bonds. The first-order valence-electron chi connectivity index (χ1n) is 18.1. The second-order valence-corrected chi connectivity index (χ2v) is 17.1. The Morgan fingerprint density at radius 3 is 2.55 bits per heavy atom. The van der Waals surface area contributed by atoms with E-state index in [9.17, 15) is 27.6 Å². The lowest BCUT2D eigenvalue weighted by molar-refractivity contribution is -0.141. The van der Waals surface area contributed by atoms with Gasteiger partial charge in [-0.1, -0.05) is 54.8 Å². The zero-order chi connectivity index (χ0) is 39.5. The molecule has 3 heterocycles. The van der Waals surface area contributed by atoms with Crippen LogP contribution in [0.15, 0.2) is 65.6 Å². The second kappa shape index (κ2) is 16.0. The Kier molecular flexibility index (Phi) is 11.5. The molecule has 18 heteroatoms. The van der Waals surface area contributed by atoms with Gasteiger partial charge < -0.3 is 25.0 Å². The third-order valence-electron chi connectivity index (χ3n) is 9.80. The molecule has 16 nitrogen and oxygen atoms in total. The maximum absolute atomic E-state index is 14.5. The highest BCUT2D eigenvalue weighted by Gasteiger charge is 2.61. The van der Waals surface area contributed by atoms with Crippen molar-refractivity contribution >= 4 is 45.4 Å². The Hall–Kier alpha value is -5.03. The van der Waals surface area contributed by atoms with Gasteiger partial charge in [-0.15, -0.1) is 10.2 Å². The molecule has 55 heavy (non-hydrogen) atoms. The van der Waals surface area contributed by atoms with Gasteiger partial charge in [-0.25, -0.2) is 17.9 Å². The van der Waals surface area contributed by atoms with E-state index in [1.807, 2.05) is 12.2 Å². The number of rotatable bonds is 7. The molecule has 2 aromatic carbocycles. The Labute approximate surface area is 324 Å². The Morgan fingerprint density at radius 1 is 1.07 bits per heavy atom. The van der Waals surface area contributed by atoms with Gasteiger partial charge >= 0.3 is 6.09 Å². The van der Waals surface area contributed by atoms with E-state index in [0.717, 1.165) is 12.8 Å². The Balaban J connectivity index is 1.32. The van der Waals surface area contributed by atoms with Crippen LogP contribution in [0.2, 0.25) is 5.02 Å². The molecule has 0 radical (unpaired) electrons. The predicted octanol–water partition coefficient (Wildman–Crippen LogP) is 3.94. The van der Waals surface area contributed by atoms with Crippen LogP contribution >= 0.6 is 11.6 Å². The molecule has 5 atom stereocenters. The first kappa shape index (κ1) is 39.7. The number of hydrogen-bond donors (Lipinski definition) is 3. The van der Waals surface area contributed by atoms with E-state index in [-0.39, 0.29) is 36.5 Å². The molecule has 1 saturated carbocycles. The van der Waals surface area contributed by atoms with Crippen LogP contribution in [0.3, 0.4) is 0 Å². The van der Waals surface area contributed by atoms with Crippen LogP contribution in [0.25, 0.3) is 11.4 Å².